The Labute approximate surface area is 143 Å². The quantitative estimate of drug-likeness (QED) is 0.642. The van der Waals surface area contributed by atoms with Crippen molar-refractivity contribution in [1.29, 1.82) is 0 Å². The normalized spacial score (nSPS) is 14.1. The number of fused-ring (bicyclic) bond motifs is 1. The van der Waals surface area contributed by atoms with Gasteiger partial charge in [-0.2, -0.15) is 13.2 Å². The summed E-state index contributed by atoms with van der Waals surface area (Å²) in [6.07, 6.45) is 5.55. The molecule has 128 valence electrons. The predicted molar refractivity (Wildman–Crippen MR) is 90.4 cm³/mol. The number of nitrogens with zero attached hydrogens (tertiary/aromatic N) is 3. The number of halogens is 4. The first-order valence-electron chi connectivity index (χ1n) is 7.44. The number of rotatable bonds is 5. The van der Waals surface area contributed by atoms with Gasteiger partial charge in [-0.15, -0.1) is 0 Å². The number of hydrogen-bond acceptors (Lipinski definition) is 2. The van der Waals surface area contributed by atoms with Crippen LogP contribution in [0.1, 0.15) is 37.9 Å². The predicted octanol–water partition coefficient (Wildman–Crippen LogP) is 5.60. The first-order chi connectivity index (χ1) is 11.3. The van der Waals surface area contributed by atoms with Crippen molar-refractivity contribution >= 4 is 23.0 Å². The summed E-state index contributed by atoms with van der Waals surface area (Å²) in [4.78, 5) is 8.41. The minimum Gasteiger partial charge on any atom is -0.298 e. The lowest BCUT2D eigenvalue weighted by Crippen LogP contribution is -2.07. The lowest BCUT2D eigenvalue weighted by atomic mass is 10.2. The van der Waals surface area contributed by atoms with Crippen molar-refractivity contribution in [3.63, 3.8) is 0 Å². The third-order valence-electron chi connectivity index (χ3n) is 3.21. The Bertz CT molecular complexity index is 797. The Morgan fingerprint density at radius 2 is 2.17 bits per heavy atom. The van der Waals surface area contributed by atoms with E-state index in [2.05, 4.69) is 16.9 Å². The molecule has 0 saturated heterocycles. The van der Waals surface area contributed by atoms with E-state index in [9.17, 15) is 13.2 Å². The van der Waals surface area contributed by atoms with Crippen LogP contribution < -0.4 is 0 Å². The zero-order chi connectivity index (χ0) is 17.7. The lowest BCUT2D eigenvalue weighted by Gasteiger charge is -2.07. The van der Waals surface area contributed by atoms with E-state index in [4.69, 9.17) is 11.6 Å². The highest BCUT2D eigenvalue weighted by Gasteiger charge is 2.31. The second-order valence-corrected chi connectivity index (χ2v) is 5.80. The van der Waals surface area contributed by atoms with Crippen LogP contribution in [0.25, 0.3) is 5.65 Å². The zero-order valence-electron chi connectivity index (χ0n) is 13.3. The van der Waals surface area contributed by atoms with E-state index in [1.165, 1.54) is 12.4 Å². The second kappa shape index (κ2) is 7.66. The van der Waals surface area contributed by atoms with Crippen molar-refractivity contribution in [3.05, 3.63) is 59.2 Å². The number of imidazole rings is 1. The van der Waals surface area contributed by atoms with Gasteiger partial charge in [-0.3, -0.25) is 9.39 Å². The third-order valence-corrected chi connectivity index (χ3v) is 3.32. The highest BCUT2D eigenvalue weighted by molar-refractivity contribution is 6.31. The number of hydrogen-bond donors (Lipinski definition) is 0. The van der Waals surface area contributed by atoms with Gasteiger partial charge >= 0.3 is 6.18 Å². The maximum Gasteiger partial charge on any atom is 0.416 e. The van der Waals surface area contributed by atoms with Crippen LogP contribution in [0.5, 0.6) is 0 Å². The number of pyridine rings is 1. The summed E-state index contributed by atoms with van der Waals surface area (Å²) in [5, 5.41) is 0.513. The summed E-state index contributed by atoms with van der Waals surface area (Å²) in [5.41, 5.74) is 0.560. The van der Waals surface area contributed by atoms with Gasteiger partial charge in [0.25, 0.3) is 0 Å². The van der Waals surface area contributed by atoms with E-state index >= 15 is 0 Å². The molecule has 24 heavy (non-hydrogen) atoms. The van der Waals surface area contributed by atoms with E-state index < -0.39 is 11.7 Å². The van der Waals surface area contributed by atoms with E-state index in [1.54, 1.807) is 23.6 Å². The van der Waals surface area contributed by atoms with Gasteiger partial charge in [-0.05, 0) is 31.6 Å². The first-order valence-corrected chi connectivity index (χ1v) is 7.82. The molecule has 0 amide bonds. The number of unbranched alkanes of at least 4 members (excludes halogenated alkanes) is 1. The van der Waals surface area contributed by atoms with Crippen LogP contribution in [0.4, 0.5) is 13.2 Å². The minimum absolute atomic E-state index is 0.200. The van der Waals surface area contributed by atoms with Crippen LogP contribution >= 0.6 is 11.6 Å². The summed E-state index contributed by atoms with van der Waals surface area (Å²) < 4.78 is 39.9. The van der Waals surface area contributed by atoms with Crippen molar-refractivity contribution in [3.8, 4) is 0 Å². The maximum atomic E-state index is 12.8. The molecule has 0 radical (unpaired) electrons. The van der Waals surface area contributed by atoms with Crippen molar-refractivity contribution < 1.29 is 13.2 Å². The molecule has 0 atom stereocenters. The Morgan fingerprint density at radius 1 is 1.42 bits per heavy atom. The fraction of sp³-hybridized carbons (Fsp3) is 0.294. The Kier molecular flexibility index (Phi) is 5.83. The Morgan fingerprint density at radius 3 is 2.79 bits per heavy atom. The van der Waals surface area contributed by atoms with Gasteiger partial charge in [0.15, 0.2) is 0 Å². The van der Waals surface area contributed by atoms with Gasteiger partial charge in [-0.1, -0.05) is 31.0 Å². The Balaban J connectivity index is 2.49. The lowest BCUT2D eigenvalue weighted by molar-refractivity contribution is -0.137. The summed E-state index contributed by atoms with van der Waals surface area (Å²) in [6.45, 7) is 3.76. The van der Waals surface area contributed by atoms with Crippen LogP contribution in [0, 0.1) is 0 Å². The zero-order valence-corrected chi connectivity index (χ0v) is 14.1. The van der Waals surface area contributed by atoms with Crippen LogP contribution in [-0.2, 0) is 6.18 Å². The molecule has 2 aromatic rings. The molecule has 0 aromatic carbocycles. The Hall–Kier alpha value is -2.08. The van der Waals surface area contributed by atoms with Crippen LogP contribution in [0.3, 0.4) is 0 Å². The van der Waals surface area contributed by atoms with E-state index in [-0.39, 0.29) is 5.65 Å². The van der Waals surface area contributed by atoms with Crippen molar-refractivity contribution in [2.75, 3.05) is 0 Å². The second-order valence-electron chi connectivity index (χ2n) is 5.20. The third kappa shape index (κ3) is 4.47. The number of aromatic nitrogens is 2. The topological polar surface area (TPSA) is 29.7 Å². The molecule has 3 nitrogen and oxygen atoms in total. The standard InChI is InChI=1S/C17H17ClF3N3/c1-3-4-5-7-22-14(9-12(2)18)15-11-23-16-10-13(17(19,20)21)6-8-24(15)16/h5-11H,3-4H2,1-2H3/b7-5+,12-9+,22-14+. The highest BCUT2D eigenvalue weighted by atomic mass is 35.5. The largest absolute Gasteiger partial charge is 0.416 e. The van der Waals surface area contributed by atoms with Gasteiger partial charge in [0.2, 0.25) is 0 Å². The molecule has 0 saturated carbocycles. The van der Waals surface area contributed by atoms with Gasteiger partial charge in [0, 0.05) is 17.4 Å². The molecule has 7 heteroatoms. The van der Waals surface area contributed by atoms with Crippen molar-refractivity contribution in [1.82, 2.24) is 9.38 Å². The van der Waals surface area contributed by atoms with E-state index in [0.29, 0.717) is 16.4 Å². The maximum absolute atomic E-state index is 12.8. The summed E-state index contributed by atoms with van der Waals surface area (Å²) in [7, 11) is 0. The van der Waals surface area contributed by atoms with E-state index in [1.807, 2.05) is 6.08 Å². The van der Waals surface area contributed by atoms with Crippen LogP contribution in [-0.4, -0.2) is 15.1 Å². The van der Waals surface area contributed by atoms with Crippen LogP contribution in [0.15, 0.2) is 52.9 Å². The highest BCUT2D eigenvalue weighted by Crippen LogP contribution is 2.29. The van der Waals surface area contributed by atoms with Crippen molar-refractivity contribution in [2.24, 2.45) is 4.99 Å². The van der Waals surface area contributed by atoms with Gasteiger partial charge < -0.3 is 0 Å². The fourth-order valence-electron chi connectivity index (χ4n) is 2.09. The minimum atomic E-state index is -4.40. The molecule has 0 fully saturated rings. The molecule has 0 unspecified atom stereocenters. The molecular formula is C17H17ClF3N3. The molecule has 0 N–H and O–H groups in total. The van der Waals surface area contributed by atoms with Crippen molar-refractivity contribution in [2.45, 2.75) is 32.9 Å². The van der Waals surface area contributed by atoms with E-state index in [0.717, 1.165) is 25.0 Å². The number of allylic oxidation sites excluding steroid dienone is 3. The SMILES string of the molecule is CCC/C=C/N=C(\C=C(/C)Cl)c1cnc2cc(C(F)(F)F)ccn12. The van der Waals surface area contributed by atoms with Gasteiger partial charge in [0.05, 0.1) is 23.2 Å². The molecule has 0 spiro atoms. The van der Waals surface area contributed by atoms with Crippen LogP contribution in [0.2, 0.25) is 0 Å². The molecule has 0 aliphatic rings. The summed E-state index contributed by atoms with van der Waals surface area (Å²) >= 11 is 5.94. The number of alkyl halides is 3. The molecular weight excluding hydrogens is 339 g/mol. The summed E-state index contributed by atoms with van der Waals surface area (Å²) in [6, 6.07) is 2.02. The molecule has 2 heterocycles. The first kappa shape index (κ1) is 18.3. The molecule has 2 rings (SSSR count). The fourth-order valence-corrected chi connectivity index (χ4v) is 2.19. The average Bonchev–Trinajstić information content (AvgIpc) is 2.92. The molecule has 0 bridgehead atoms. The van der Waals surface area contributed by atoms with Gasteiger partial charge in [-0.25, -0.2) is 4.98 Å². The number of aliphatic imine (C=N–C) groups is 1. The average molecular weight is 356 g/mol. The molecule has 2 aromatic heterocycles. The molecule has 0 aliphatic carbocycles. The monoisotopic (exact) mass is 355 g/mol. The smallest absolute Gasteiger partial charge is 0.298 e. The molecule has 0 aliphatic heterocycles. The van der Waals surface area contributed by atoms with Gasteiger partial charge in [0.1, 0.15) is 5.65 Å². The summed E-state index contributed by atoms with van der Waals surface area (Å²) in [5.74, 6) is 0.